The van der Waals surface area contributed by atoms with Crippen LogP contribution >= 0.6 is 27.5 Å². The van der Waals surface area contributed by atoms with Crippen LogP contribution in [-0.4, -0.2) is 18.6 Å². The van der Waals surface area contributed by atoms with Crippen LogP contribution in [0.4, 0.5) is 0 Å². The molecule has 0 saturated heterocycles. The highest BCUT2D eigenvalue weighted by Crippen LogP contribution is 2.28. The molecule has 0 fully saturated rings. The normalized spacial score (nSPS) is 11.4. The Hall–Kier alpha value is -1.18. The minimum atomic E-state index is -0.624. The van der Waals surface area contributed by atoms with Gasteiger partial charge in [0.2, 0.25) is 0 Å². The van der Waals surface area contributed by atoms with Gasteiger partial charge in [-0.1, -0.05) is 17.5 Å². The molecule has 5 heteroatoms. The van der Waals surface area contributed by atoms with Crippen molar-refractivity contribution < 1.29 is 9.53 Å². The Morgan fingerprint density at radius 2 is 2.41 bits per heavy atom. The fourth-order valence-corrected chi connectivity index (χ4v) is 1.87. The van der Waals surface area contributed by atoms with E-state index in [0.717, 1.165) is 0 Å². The molecular weight excluding hydrogens is 305 g/mol. The van der Waals surface area contributed by atoms with E-state index in [2.05, 4.69) is 27.2 Å². The number of terminal acetylenes is 1. The summed E-state index contributed by atoms with van der Waals surface area (Å²) in [5.41, 5.74) is 0. The van der Waals surface area contributed by atoms with Crippen molar-refractivity contribution in [1.82, 2.24) is 5.32 Å². The smallest absolute Gasteiger partial charge is 0.261 e. The van der Waals surface area contributed by atoms with Gasteiger partial charge in [-0.2, -0.15) is 0 Å². The summed E-state index contributed by atoms with van der Waals surface area (Å²) < 4.78 is 6.17. The molecule has 1 unspecified atom stereocenters. The van der Waals surface area contributed by atoms with E-state index in [0.29, 0.717) is 15.2 Å². The van der Waals surface area contributed by atoms with E-state index in [-0.39, 0.29) is 12.5 Å². The Labute approximate surface area is 114 Å². The molecule has 90 valence electrons. The number of hydrogen-bond acceptors (Lipinski definition) is 2. The van der Waals surface area contributed by atoms with E-state index in [9.17, 15) is 4.79 Å². The van der Waals surface area contributed by atoms with Crippen molar-refractivity contribution in [3.63, 3.8) is 0 Å². The topological polar surface area (TPSA) is 38.3 Å². The largest absolute Gasteiger partial charge is 0.480 e. The lowest BCUT2D eigenvalue weighted by Gasteiger charge is -2.15. The Balaban J connectivity index is 2.65. The summed E-state index contributed by atoms with van der Waals surface area (Å²) in [7, 11) is 0. The lowest BCUT2D eigenvalue weighted by molar-refractivity contribution is -0.127. The van der Waals surface area contributed by atoms with Crippen molar-refractivity contribution in [3.05, 3.63) is 27.7 Å². The molecule has 0 spiro atoms. The molecule has 1 atom stereocenters. The fourth-order valence-electron chi connectivity index (χ4n) is 1.10. The maximum Gasteiger partial charge on any atom is 0.261 e. The molecule has 3 nitrogen and oxygen atoms in total. The second kappa shape index (κ2) is 6.53. The van der Waals surface area contributed by atoms with Gasteiger partial charge in [-0.05, 0) is 41.1 Å². The number of ether oxygens (including phenoxy) is 1. The van der Waals surface area contributed by atoms with Gasteiger partial charge in [0.1, 0.15) is 5.75 Å². The molecule has 0 aliphatic carbocycles. The number of benzene rings is 1. The molecule has 0 saturated carbocycles. The number of nitrogens with one attached hydrogen (secondary N) is 1. The van der Waals surface area contributed by atoms with Gasteiger partial charge >= 0.3 is 0 Å². The molecule has 0 bridgehead atoms. The van der Waals surface area contributed by atoms with Crippen molar-refractivity contribution in [2.45, 2.75) is 13.0 Å². The maximum atomic E-state index is 11.5. The highest BCUT2D eigenvalue weighted by molar-refractivity contribution is 9.10. The molecule has 1 aromatic carbocycles. The van der Waals surface area contributed by atoms with Crippen LogP contribution in [0.5, 0.6) is 5.75 Å². The summed E-state index contributed by atoms with van der Waals surface area (Å²) in [6, 6.07) is 5.08. The third kappa shape index (κ3) is 4.29. The van der Waals surface area contributed by atoms with Gasteiger partial charge in [0, 0.05) is 5.02 Å². The number of halogens is 2. The van der Waals surface area contributed by atoms with Gasteiger partial charge in [-0.25, -0.2) is 0 Å². The predicted octanol–water partition coefficient (Wildman–Crippen LogP) is 2.62. The average Bonchev–Trinajstić information content (AvgIpc) is 2.29. The quantitative estimate of drug-likeness (QED) is 0.867. The van der Waals surface area contributed by atoms with Crippen molar-refractivity contribution in [2.75, 3.05) is 6.54 Å². The van der Waals surface area contributed by atoms with Crippen LogP contribution in [0, 0.1) is 12.3 Å². The SMILES string of the molecule is C#CCNC(=O)C(C)Oc1ccc(Cl)cc1Br. The van der Waals surface area contributed by atoms with Gasteiger partial charge in [0.05, 0.1) is 11.0 Å². The van der Waals surface area contributed by atoms with Crippen molar-refractivity contribution >= 4 is 33.4 Å². The first-order valence-electron chi connectivity index (χ1n) is 4.87. The summed E-state index contributed by atoms with van der Waals surface area (Å²) in [4.78, 5) is 11.5. The van der Waals surface area contributed by atoms with Crippen molar-refractivity contribution in [2.24, 2.45) is 0 Å². The van der Waals surface area contributed by atoms with Gasteiger partial charge in [0.25, 0.3) is 5.91 Å². The number of rotatable bonds is 4. The summed E-state index contributed by atoms with van der Waals surface area (Å²) in [5.74, 6) is 2.62. The van der Waals surface area contributed by atoms with Gasteiger partial charge in [0.15, 0.2) is 6.10 Å². The van der Waals surface area contributed by atoms with Crippen LogP contribution < -0.4 is 10.1 Å². The zero-order chi connectivity index (χ0) is 12.8. The molecule has 0 radical (unpaired) electrons. The maximum absolute atomic E-state index is 11.5. The van der Waals surface area contributed by atoms with Gasteiger partial charge in [-0.15, -0.1) is 6.42 Å². The monoisotopic (exact) mass is 315 g/mol. The second-order valence-corrected chi connectivity index (χ2v) is 4.55. The third-order valence-corrected chi connectivity index (χ3v) is 2.79. The Bertz CT molecular complexity index is 456. The van der Waals surface area contributed by atoms with E-state index in [1.54, 1.807) is 25.1 Å². The number of carbonyl (C=O) groups excluding carboxylic acids is 1. The minimum absolute atomic E-state index is 0.189. The minimum Gasteiger partial charge on any atom is -0.480 e. The zero-order valence-electron chi connectivity index (χ0n) is 9.17. The predicted molar refractivity (Wildman–Crippen MR) is 71.1 cm³/mol. The number of hydrogen-bond donors (Lipinski definition) is 1. The van der Waals surface area contributed by atoms with E-state index in [4.69, 9.17) is 22.8 Å². The summed E-state index contributed by atoms with van der Waals surface area (Å²) >= 11 is 9.10. The fraction of sp³-hybridized carbons (Fsp3) is 0.250. The molecule has 1 aromatic rings. The average molecular weight is 317 g/mol. The Kier molecular flexibility index (Phi) is 5.33. The standard InChI is InChI=1S/C12H11BrClNO2/c1-3-6-15-12(16)8(2)17-11-5-4-9(14)7-10(11)13/h1,4-5,7-8H,6H2,2H3,(H,15,16). The zero-order valence-corrected chi connectivity index (χ0v) is 11.5. The molecule has 17 heavy (non-hydrogen) atoms. The Morgan fingerprint density at radius 3 is 3.00 bits per heavy atom. The van der Waals surface area contributed by atoms with Crippen LogP contribution in [0.1, 0.15) is 6.92 Å². The molecule has 1 rings (SSSR count). The van der Waals surface area contributed by atoms with Crippen molar-refractivity contribution in [3.8, 4) is 18.1 Å². The summed E-state index contributed by atoms with van der Waals surface area (Å²) in [6.45, 7) is 1.83. The molecule has 1 N–H and O–H groups in total. The number of carbonyl (C=O) groups is 1. The highest BCUT2D eigenvalue weighted by Gasteiger charge is 2.15. The molecular formula is C12H11BrClNO2. The highest BCUT2D eigenvalue weighted by atomic mass is 79.9. The van der Waals surface area contributed by atoms with E-state index < -0.39 is 6.10 Å². The molecule has 0 aliphatic rings. The van der Waals surface area contributed by atoms with Gasteiger partial charge in [-0.3, -0.25) is 4.79 Å². The first-order chi connectivity index (χ1) is 8.04. The van der Waals surface area contributed by atoms with E-state index in [1.165, 1.54) is 0 Å². The Morgan fingerprint density at radius 1 is 1.71 bits per heavy atom. The number of amides is 1. The second-order valence-electron chi connectivity index (χ2n) is 3.26. The molecule has 1 amide bonds. The van der Waals surface area contributed by atoms with Crippen LogP contribution in [0.2, 0.25) is 5.02 Å². The van der Waals surface area contributed by atoms with Crippen LogP contribution in [-0.2, 0) is 4.79 Å². The molecule has 0 aliphatic heterocycles. The van der Waals surface area contributed by atoms with Gasteiger partial charge < -0.3 is 10.1 Å². The first kappa shape index (κ1) is 13.9. The van der Waals surface area contributed by atoms with Crippen LogP contribution in [0.3, 0.4) is 0 Å². The third-order valence-electron chi connectivity index (χ3n) is 1.93. The summed E-state index contributed by atoms with van der Waals surface area (Å²) in [5, 5.41) is 3.13. The summed E-state index contributed by atoms with van der Waals surface area (Å²) in [6.07, 6.45) is 4.42. The van der Waals surface area contributed by atoms with Crippen LogP contribution in [0.15, 0.2) is 22.7 Å². The van der Waals surface area contributed by atoms with E-state index >= 15 is 0 Å². The molecule has 0 heterocycles. The lowest BCUT2D eigenvalue weighted by atomic mass is 10.3. The lowest BCUT2D eigenvalue weighted by Crippen LogP contribution is -2.36. The molecule has 0 aromatic heterocycles. The van der Waals surface area contributed by atoms with Crippen LogP contribution in [0.25, 0.3) is 0 Å². The van der Waals surface area contributed by atoms with E-state index in [1.807, 2.05) is 0 Å². The first-order valence-corrected chi connectivity index (χ1v) is 6.04. The van der Waals surface area contributed by atoms with Crippen molar-refractivity contribution in [1.29, 1.82) is 0 Å².